The van der Waals surface area contributed by atoms with Gasteiger partial charge in [-0.05, 0) is 5.56 Å². The van der Waals surface area contributed by atoms with Gasteiger partial charge in [0, 0.05) is 13.5 Å². The second-order valence-electron chi connectivity index (χ2n) is 3.16. The molecule has 2 N–H and O–H groups in total. The Labute approximate surface area is 88.7 Å². The summed E-state index contributed by atoms with van der Waals surface area (Å²) in [7, 11) is 0. The number of alkyl halides is 2. The van der Waals surface area contributed by atoms with E-state index in [9.17, 15) is 8.78 Å². The van der Waals surface area contributed by atoms with Gasteiger partial charge in [0.15, 0.2) is 0 Å². The predicted molar refractivity (Wildman–Crippen MR) is 56.1 cm³/mol. The Kier molecular flexibility index (Phi) is 5.02. The van der Waals surface area contributed by atoms with Gasteiger partial charge >= 0.3 is 0 Å². The van der Waals surface area contributed by atoms with Crippen molar-refractivity contribution < 1.29 is 8.78 Å². The van der Waals surface area contributed by atoms with Crippen molar-refractivity contribution in [2.75, 3.05) is 6.54 Å². The van der Waals surface area contributed by atoms with Gasteiger partial charge in [-0.15, -0.1) is 12.4 Å². The van der Waals surface area contributed by atoms with Crippen LogP contribution in [0.15, 0.2) is 30.3 Å². The van der Waals surface area contributed by atoms with Crippen LogP contribution in [0.4, 0.5) is 8.78 Å². The first-order chi connectivity index (χ1) is 6.05. The average molecular weight is 222 g/mol. The molecule has 0 bridgehead atoms. The van der Waals surface area contributed by atoms with Crippen LogP contribution in [0.1, 0.15) is 18.4 Å². The summed E-state index contributed by atoms with van der Waals surface area (Å²) in [5.41, 5.74) is 5.91. The molecular weight excluding hydrogens is 208 g/mol. The van der Waals surface area contributed by atoms with Gasteiger partial charge in [0.2, 0.25) is 0 Å². The summed E-state index contributed by atoms with van der Waals surface area (Å²) in [6.07, 6.45) is 0. The molecule has 0 saturated heterocycles. The summed E-state index contributed by atoms with van der Waals surface area (Å²) < 4.78 is 26.0. The van der Waals surface area contributed by atoms with Crippen LogP contribution in [-0.4, -0.2) is 12.5 Å². The topological polar surface area (TPSA) is 26.0 Å². The van der Waals surface area contributed by atoms with Gasteiger partial charge in [-0.1, -0.05) is 30.3 Å². The van der Waals surface area contributed by atoms with E-state index in [1.165, 1.54) is 0 Å². The summed E-state index contributed by atoms with van der Waals surface area (Å²) in [4.78, 5) is 0. The summed E-state index contributed by atoms with van der Waals surface area (Å²) in [5, 5.41) is 0. The number of rotatable bonds is 3. The molecular formula is C10H14ClF2N. The third-order valence-electron chi connectivity index (χ3n) is 2.05. The number of halogens is 3. The molecule has 0 amide bonds. The van der Waals surface area contributed by atoms with Crippen molar-refractivity contribution in [3.63, 3.8) is 0 Å². The average Bonchev–Trinajstić information content (AvgIpc) is 2.05. The van der Waals surface area contributed by atoms with Crippen molar-refractivity contribution in [2.24, 2.45) is 5.73 Å². The fourth-order valence-electron chi connectivity index (χ4n) is 1.32. The van der Waals surface area contributed by atoms with Crippen LogP contribution in [0.25, 0.3) is 0 Å². The second-order valence-corrected chi connectivity index (χ2v) is 3.16. The van der Waals surface area contributed by atoms with Gasteiger partial charge in [-0.3, -0.25) is 0 Å². The molecule has 1 aromatic rings. The minimum Gasteiger partial charge on any atom is -0.330 e. The van der Waals surface area contributed by atoms with E-state index in [1.807, 2.05) is 0 Å². The maximum atomic E-state index is 13.0. The second kappa shape index (κ2) is 5.27. The Morgan fingerprint density at radius 3 is 2.14 bits per heavy atom. The van der Waals surface area contributed by atoms with Gasteiger partial charge in [0.25, 0.3) is 5.92 Å². The summed E-state index contributed by atoms with van der Waals surface area (Å²) in [5.74, 6) is -3.63. The van der Waals surface area contributed by atoms with Crippen LogP contribution in [0, 0.1) is 0 Å². The first kappa shape index (κ1) is 13.3. The van der Waals surface area contributed by atoms with Crippen molar-refractivity contribution in [1.82, 2.24) is 0 Å². The highest BCUT2D eigenvalue weighted by Crippen LogP contribution is 2.31. The molecule has 80 valence electrons. The van der Waals surface area contributed by atoms with Crippen molar-refractivity contribution in [2.45, 2.75) is 18.8 Å². The molecule has 14 heavy (non-hydrogen) atoms. The van der Waals surface area contributed by atoms with Gasteiger partial charge in [-0.2, -0.15) is 0 Å². The molecule has 0 aliphatic carbocycles. The first-order valence-corrected chi connectivity index (χ1v) is 4.18. The third kappa shape index (κ3) is 3.24. The van der Waals surface area contributed by atoms with Crippen LogP contribution in [0.3, 0.4) is 0 Å². The van der Waals surface area contributed by atoms with E-state index in [0.29, 0.717) is 5.56 Å². The zero-order valence-corrected chi connectivity index (χ0v) is 8.73. The molecule has 4 heteroatoms. The molecule has 1 atom stereocenters. The van der Waals surface area contributed by atoms with E-state index < -0.39 is 11.8 Å². The molecule has 1 aromatic carbocycles. The molecule has 0 spiro atoms. The Hall–Kier alpha value is -0.670. The van der Waals surface area contributed by atoms with Gasteiger partial charge in [-0.25, -0.2) is 8.78 Å². The zero-order valence-electron chi connectivity index (χ0n) is 7.91. The molecule has 0 aliphatic heterocycles. The highest BCUT2D eigenvalue weighted by atomic mass is 35.5. The Morgan fingerprint density at radius 1 is 1.29 bits per heavy atom. The van der Waals surface area contributed by atoms with Crippen LogP contribution in [0.5, 0.6) is 0 Å². The lowest BCUT2D eigenvalue weighted by molar-refractivity contribution is -0.00518. The van der Waals surface area contributed by atoms with Gasteiger partial charge < -0.3 is 5.73 Å². The molecule has 0 aliphatic rings. The first-order valence-electron chi connectivity index (χ1n) is 4.18. The number of nitrogens with two attached hydrogens (primary N) is 1. The SMILES string of the molecule is CC(F)(F)C(CN)c1ccccc1.Cl. The molecule has 1 unspecified atom stereocenters. The van der Waals surface area contributed by atoms with E-state index in [-0.39, 0.29) is 19.0 Å². The quantitative estimate of drug-likeness (QED) is 0.835. The molecule has 0 aromatic heterocycles. The van der Waals surface area contributed by atoms with E-state index in [1.54, 1.807) is 30.3 Å². The third-order valence-corrected chi connectivity index (χ3v) is 2.05. The van der Waals surface area contributed by atoms with Crippen LogP contribution < -0.4 is 5.73 Å². The summed E-state index contributed by atoms with van der Waals surface area (Å²) in [6.45, 7) is 0.866. The van der Waals surface area contributed by atoms with Crippen molar-refractivity contribution in [1.29, 1.82) is 0 Å². The largest absolute Gasteiger partial charge is 0.330 e. The number of hydrogen-bond donors (Lipinski definition) is 1. The van der Waals surface area contributed by atoms with Crippen molar-refractivity contribution in [3.8, 4) is 0 Å². The lowest BCUT2D eigenvalue weighted by atomic mass is 9.94. The van der Waals surface area contributed by atoms with E-state index >= 15 is 0 Å². The fraction of sp³-hybridized carbons (Fsp3) is 0.400. The normalized spacial score (nSPS) is 13.1. The summed E-state index contributed by atoms with van der Waals surface area (Å²) >= 11 is 0. The van der Waals surface area contributed by atoms with Crippen molar-refractivity contribution in [3.05, 3.63) is 35.9 Å². The Balaban J connectivity index is 0.00000169. The lowest BCUT2D eigenvalue weighted by Crippen LogP contribution is -2.29. The fourth-order valence-corrected chi connectivity index (χ4v) is 1.32. The highest BCUT2D eigenvalue weighted by Gasteiger charge is 2.33. The minimum atomic E-state index is -2.75. The highest BCUT2D eigenvalue weighted by molar-refractivity contribution is 5.85. The molecule has 1 nitrogen and oxygen atoms in total. The molecule has 0 heterocycles. The maximum Gasteiger partial charge on any atom is 0.253 e. The van der Waals surface area contributed by atoms with Crippen molar-refractivity contribution >= 4 is 12.4 Å². The standard InChI is InChI=1S/C10H13F2N.ClH/c1-10(11,12)9(7-13)8-5-3-2-4-6-8;/h2-6,9H,7,13H2,1H3;1H. The van der Waals surface area contributed by atoms with Crippen LogP contribution in [-0.2, 0) is 0 Å². The van der Waals surface area contributed by atoms with Gasteiger partial charge in [0.1, 0.15) is 0 Å². The molecule has 0 saturated carbocycles. The number of benzene rings is 1. The minimum absolute atomic E-state index is 0. The van der Waals surface area contributed by atoms with Crippen LogP contribution in [0.2, 0.25) is 0 Å². The van der Waals surface area contributed by atoms with E-state index in [0.717, 1.165) is 6.92 Å². The Morgan fingerprint density at radius 2 is 1.79 bits per heavy atom. The molecule has 1 rings (SSSR count). The van der Waals surface area contributed by atoms with E-state index in [2.05, 4.69) is 0 Å². The smallest absolute Gasteiger partial charge is 0.253 e. The number of hydrogen-bond acceptors (Lipinski definition) is 1. The van der Waals surface area contributed by atoms with Gasteiger partial charge in [0.05, 0.1) is 5.92 Å². The molecule has 0 radical (unpaired) electrons. The Bertz CT molecular complexity index is 259. The van der Waals surface area contributed by atoms with Crippen LogP contribution >= 0.6 is 12.4 Å². The van der Waals surface area contributed by atoms with E-state index in [4.69, 9.17) is 5.73 Å². The zero-order chi connectivity index (χ0) is 9.90. The lowest BCUT2D eigenvalue weighted by Gasteiger charge is -2.22. The monoisotopic (exact) mass is 221 g/mol. The predicted octanol–water partition coefficient (Wildman–Crippen LogP) is 2.81. The summed E-state index contributed by atoms with van der Waals surface area (Å²) in [6, 6.07) is 8.63. The maximum absolute atomic E-state index is 13.0. The molecule has 0 fully saturated rings.